The Bertz CT molecular complexity index is 694. The molecule has 2 fully saturated rings. The van der Waals surface area contributed by atoms with Gasteiger partial charge < -0.3 is 9.47 Å². The number of amides is 1. The Balaban J connectivity index is 1.33. The third kappa shape index (κ3) is 3.19. The first kappa shape index (κ1) is 15.7. The number of likely N-dealkylation sites (tertiary alicyclic amines) is 1. The van der Waals surface area contributed by atoms with Gasteiger partial charge >= 0.3 is 0 Å². The fourth-order valence-electron chi connectivity index (χ4n) is 4.38. The van der Waals surface area contributed by atoms with Crippen LogP contribution >= 0.6 is 0 Å². The molecule has 0 spiro atoms. The molecular weight excluding hydrogens is 298 g/mol. The van der Waals surface area contributed by atoms with Crippen LogP contribution in [0.25, 0.3) is 11.0 Å². The Morgan fingerprint density at radius 3 is 2.58 bits per heavy atom. The van der Waals surface area contributed by atoms with Crippen LogP contribution < -0.4 is 0 Å². The van der Waals surface area contributed by atoms with Gasteiger partial charge in [-0.2, -0.15) is 0 Å². The van der Waals surface area contributed by atoms with Gasteiger partial charge in [-0.3, -0.25) is 4.79 Å². The van der Waals surface area contributed by atoms with Crippen molar-refractivity contribution in [3.8, 4) is 0 Å². The fraction of sp³-hybridized carbons (Fsp3) is 0.600. The first-order valence-electron chi connectivity index (χ1n) is 9.50. The van der Waals surface area contributed by atoms with Crippen molar-refractivity contribution in [3.05, 3.63) is 30.6 Å². The summed E-state index contributed by atoms with van der Waals surface area (Å²) in [4.78, 5) is 19.3. The third-order valence-corrected chi connectivity index (χ3v) is 5.86. The van der Waals surface area contributed by atoms with Gasteiger partial charge in [0, 0.05) is 25.6 Å². The standard InChI is InChI=1S/C20H27N3O/c24-20(17-6-2-1-3-7-17)22-12-10-16(11-13-22)14-23-15-21-18-8-4-5-9-19(18)23/h4-5,8-9,15-17H,1-3,6-7,10-14H2. The summed E-state index contributed by atoms with van der Waals surface area (Å²) in [6, 6.07) is 8.32. The number of para-hydroxylation sites is 2. The molecule has 0 N–H and O–H groups in total. The lowest BCUT2D eigenvalue weighted by Gasteiger charge is -2.35. The molecule has 2 aromatic rings. The molecule has 2 aliphatic rings. The van der Waals surface area contributed by atoms with Crippen LogP contribution in [0, 0.1) is 11.8 Å². The van der Waals surface area contributed by atoms with Crippen molar-refractivity contribution in [1.82, 2.24) is 14.5 Å². The average molecular weight is 325 g/mol. The molecule has 1 aliphatic heterocycles. The van der Waals surface area contributed by atoms with Gasteiger partial charge in [-0.25, -0.2) is 4.98 Å². The number of benzene rings is 1. The van der Waals surface area contributed by atoms with Crippen molar-refractivity contribution in [3.63, 3.8) is 0 Å². The molecule has 1 aromatic heterocycles. The zero-order valence-electron chi connectivity index (χ0n) is 14.4. The van der Waals surface area contributed by atoms with Crippen molar-refractivity contribution >= 4 is 16.9 Å². The fourth-order valence-corrected chi connectivity index (χ4v) is 4.38. The summed E-state index contributed by atoms with van der Waals surface area (Å²) < 4.78 is 2.28. The second kappa shape index (κ2) is 6.96. The zero-order chi connectivity index (χ0) is 16.4. The van der Waals surface area contributed by atoms with Gasteiger partial charge in [-0.1, -0.05) is 31.4 Å². The Morgan fingerprint density at radius 2 is 1.79 bits per heavy atom. The first-order valence-corrected chi connectivity index (χ1v) is 9.50. The zero-order valence-corrected chi connectivity index (χ0v) is 14.4. The quantitative estimate of drug-likeness (QED) is 0.859. The number of fused-ring (bicyclic) bond motifs is 1. The number of piperidine rings is 1. The van der Waals surface area contributed by atoms with Crippen LogP contribution in [0.3, 0.4) is 0 Å². The molecule has 128 valence electrons. The van der Waals surface area contributed by atoms with Crippen LogP contribution in [0.5, 0.6) is 0 Å². The van der Waals surface area contributed by atoms with Gasteiger partial charge in [-0.15, -0.1) is 0 Å². The van der Waals surface area contributed by atoms with Crippen LogP contribution in [0.15, 0.2) is 30.6 Å². The molecule has 0 bridgehead atoms. The minimum absolute atomic E-state index is 0.313. The van der Waals surface area contributed by atoms with Crippen LogP contribution in [-0.4, -0.2) is 33.4 Å². The number of hydrogen-bond acceptors (Lipinski definition) is 2. The Morgan fingerprint density at radius 1 is 1.04 bits per heavy atom. The predicted octanol–water partition coefficient (Wildman–Crippen LogP) is 3.86. The minimum Gasteiger partial charge on any atom is -0.342 e. The number of carbonyl (C=O) groups is 1. The highest BCUT2D eigenvalue weighted by molar-refractivity contribution is 5.79. The van der Waals surface area contributed by atoms with Gasteiger partial charge in [0.15, 0.2) is 0 Å². The second-order valence-corrected chi connectivity index (χ2v) is 7.49. The number of hydrogen-bond donors (Lipinski definition) is 0. The molecule has 1 saturated carbocycles. The van der Waals surface area contributed by atoms with Gasteiger partial charge in [0.2, 0.25) is 5.91 Å². The summed E-state index contributed by atoms with van der Waals surface area (Å²) in [6.45, 7) is 2.89. The molecule has 0 radical (unpaired) electrons. The van der Waals surface area contributed by atoms with Crippen LogP contribution in [0.4, 0.5) is 0 Å². The van der Waals surface area contributed by atoms with Gasteiger partial charge in [0.05, 0.1) is 17.4 Å². The molecule has 1 amide bonds. The number of imidazole rings is 1. The maximum Gasteiger partial charge on any atom is 0.225 e. The first-order chi connectivity index (χ1) is 11.8. The molecule has 1 aromatic carbocycles. The van der Waals surface area contributed by atoms with Crippen molar-refractivity contribution in [2.45, 2.75) is 51.5 Å². The topological polar surface area (TPSA) is 38.1 Å². The molecule has 0 atom stereocenters. The summed E-state index contributed by atoms with van der Waals surface area (Å²) in [6.07, 6.45) is 10.2. The molecular formula is C20H27N3O. The van der Waals surface area contributed by atoms with Crippen LogP contribution in [0.2, 0.25) is 0 Å². The smallest absolute Gasteiger partial charge is 0.225 e. The molecule has 24 heavy (non-hydrogen) atoms. The molecule has 4 nitrogen and oxygen atoms in total. The van der Waals surface area contributed by atoms with Gasteiger partial charge in [0.1, 0.15) is 0 Å². The van der Waals surface area contributed by atoms with E-state index in [1.165, 1.54) is 24.8 Å². The van der Waals surface area contributed by atoms with E-state index in [0.717, 1.165) is 50.8 Å². The lowest BCUT2D eigenvalue weighted by molar-refractivity contribution is -0.138. The SMILES string of the molecule is O=C(C1CCCCC1)N1CCC(Cn2cnc3ccccc32)CC1. The highest BCUT2D eigenvalue weighted by atomic mass is 16.2. The van der Waals surface area contributed by atoms with E-state index in [1.54, 1.807) is 0 Å². The lowest BCUT2D eigenvalue weighted by atomic mass is 9.87. The normalized spacial score (nSPS) is 20.6. The highest BCUT2D eigenvalue weighted by Gasteiger charge is 2.29. The van der Waals surface area contributed by atoms with Crippen LogP contribution in [0.1, 0.15) is 44.9 Å². The summed E-state index contributed by atoms with van der Waals surface area (Å²) in [5, 5.41) is 0. The Hall–Kier alpha value is -1.84. The monoisotopic (exact) mass is 325 g/mol. The van der Waals surface area contributed by atoms with Gasteiger partial charge in [0.25, 0.3) is 0 Å². The maximum absolute atomic E-state index is 12.7. The van der Waals surface area contributed by atoms with Crippen molar-refractivity contribution < 1.29 is 4.79 Å². The van der Waals surface area contributed by atoms with E-state index in [4.69, 9.17) is 0 Å². The third-order valence-electron chi connectivity index (χ3n) is 5.86. The molecule has 1 aliphatic carbocycles. The van der Waals surface area contributed by atoms with E-state index in [0.29, 0.717) is 17.7 Å². The van der Waals surface area contributed by atoms with E-state index in [9.17, 15) is 4.79 Å². The van der Waals surface area contributed by atoms with Crippen molar-refractivity contribution in [2.75, 3.05) is 13.1 Å². The average Bonchev–Trinajstić information content (AvgIpc) is 3.06. The van der Waals surface area contributed by atoms with E-state index in [-0.39, 0.29) is 0 Å². The van der Waals surface area contributed by atoms with Crippen LogP contribution in [-0.2, 0) is 11.3 Å². The van der Waals surface area contributed by atoms with E-state index in [2.05, 4.69) is 32.7 Å². The number of carbonyl (C=O) groups excluding carboxylic acids is 1. The van der Waals surface area contributed by atoms with E-state index < -0.39 is 0 Å². The Labute approximate surface area is 143 Å². The summed E-state index contributed by atoms with van der Waals surface area (Å²) >= 11 is 0. The largest absolute Gasteiger partial charge is 0.342 e. The highest BCUT2D eigenvalue weighted by Crippen LogP contribution is 2.28. The summed E-state index contributed by atoms with van der Waals surface area (Å²) in [5.74, 6) is 1.40. The number of rotatable bonds is 3. The number of aromatic nitrogens is 2. The minimum atomic E-state index is 0.313. The summed E-state index contributed by atoms with van der Waals surface area (Å²) in [7, 11) is 0. The number of nitrogens with zero attached hydrogens (tertiary/aromatic N) is 3. The molecule has 1 saturated heterocycles. The predicted molar refractivity (Wildman–Crippen MR) is 95.6 cm³/mol. The van der Waals surface area contributed by atoms with E-state index in [1.807, 2.05) is 12.4 Å². The van der Waals surface area contributed by atoms with Crippen molar-refractivity contribution in [2.24, 2.45) is 11.8 Å². The Kier molecular flexibility index (Phi) is 4.54. The lowest BCUT2D eigenvalue weighted by Crippen LogP contribution is -2.42. The molecule has 2 heterocycles. The molecule has 4 heteroatoms. The maximum atomic E-state index is 12.7. The van der Waals surface area contributed by atoms with Crippen molar-refractivity contribution in [1.29, 1.82) is 0 Å². The summed E-state index contributed by atoms with van der Waals surface area (Å²) in [5.41, 5.74) is 2.29. The van der Waals surface area contributed by atoms with E-state index >= 15 is 0 Å². The van der Waals surface area contributed by atoms with Gasteiger partial charge in [-0.05, 0) is 43.7 Å². The molecule has 0 unspecified atom stereocenters. The second-order valence-electron chi connectivity index (χ2n) is 7.49. The molecule has 4 rings (SSSR count).